The molecule has 0 bridgehead atoms. The minimum atomic E-state index is 0.116. The van der Waals surface area contributed by atoms with E-state index >= 15 is 0 Å². The molecule has 3 aromatic rings. The maximum absolute atomic E-state index is 12.8. The first kappa shape index (κ1) is 12.7. The average Bonchev–Trinajstić information content (AvgIpc) is 2.47. The van der Waals surface area contributed by atoms with Crippen LogP contribution in [0.4, 0.5) is 0 Å². The van der Waals surface area contributed by atoms with Crippen molar-refractivity contribution in [3.05, 3.63) is 70.0 Å². The first-order valence-corrected chi connectivity index (χ1v) is 6.75. The third kappa shape index (κ3) is 1.76. The van der Waals surface area contributed by atoms with Crippen LogP contribution in [0.2, 0.25) is 0 Å². The molecule has 1 heterocycles. The van der Waals surface area contributed by atoms with Crippen LogP contribution in [-0.4, -0.2) is 4.57 Å². The van der Waals surface area contributed by atoms with E-state index in [2.05, 4.69) is 4.57 Å². The number of rotatable bonds is 1. The summed E-state index contributed by atoms with van der Waals surface area (Å²) in [6.45, 7) is 4.05. The second kappa shape index (κ2) is 4.64. The lowest BCUT2D eigenvalue weighted by molar-refractivity contribution is 0.900. The molecule has 0 aliphatic heterocycles. The first-order valence-electron chi connectivity index (χ1n) is 6.75. The van der Waals surface area contributed by atoms with Crippen molar-refractivity contribution in [1.29, 1.82) is 0 Å². The van der Waals surface area contributed by atoms with Crippen LogP contribution in [0.15, 0.2) is 53.3 Å². The van der Waals surface area contributed by atoms with Gasteiger partial charge < -0.3 is 4.57 Å². The molecule has 100 valence electrons. The Bertz CT molecular complexity index is 859. The highest BCUT2D eigenvalue weighted by molar-refractivity contribution is 5.86. The zero-order chi connectivity index (χ0) is 14.3. The van der Waals surface area contributed by atoms with Crippen LogP contribution < -0.4 is 5.43 Å². The summed E-state index contributed by atoms with van der Waals surface area (Å²) in [6.07, 6.45) is 0. The number of hydrogen-bond donors (Lipinski definition) is 0. The number of fused-ring (bicyclic) bond motifs is 1. The molecule has 0 amide bonds. The molecule has 1 aromatic heterocycles. The first-order chi connectivity index (χ1) is 9.61. The van der Waals surface area contributed by atoms with E-state index in [-0.39, 0.29) is 5.43 Å². The van der Waals surface area contributed by atoms with E-state index in [1.165, 1.54) is 0 Å². The fourth-order valence-corrected chi connectivity index (χ4v) is 2.78. The van der Waals surface area contributed by atoms with Gasteiger partial charge in [0, 0.05) is 23.7 Å². The Morgan fingerprint density at radius 2 is 1.55 bits per heavy atom. The Labute approximate surface area is 118 Å². The molecule has 0 aliphatic rings. The highest BCUT2D eigenvalue weighted by Crippen LogP contribution is 2.25. The van der Waals surface area contributed by atoms with Gasteiger partial charge in [-0.05, 0) is 37.1 Å². The Balaban J connectivity index is 2.50. The molecule has 0 aliphatic carbocycles. The summed E-state index contributed by atoms with van der Waals surface area (Å²) in [6, 6.07) is 15.8. The maximum atomic E-state index is 12.8. The highest BCUT2D eigenvalue weighted by atomic mass is 16.1. The normalized spacial score (nSPS) is 10.9. The summed E-state index contributed by atoms with van der Waals surface area (Å²) in [5.41, 5.74) is 5.06. The summed E-state index contributed by atoms with van der Waals surface area (Å²) < 4.78 is 2.10. The Morgan fingerprint density at radius 1 is 0.900 bits per heavy atom. The fourth-order valence-electron chi connectivity index (χ4n) is 2.78. The van der Waals surface area contributed by atoms with Gasteiger partial charge in [-0.1, -0.05) is 36.4 Å². The van der Waals surface area contributed by atoms with Gasteiger partial charge in [-0.3, -0.25) is 4.79 Å². The van der Waals surface area contributed by atoms with Gasteiger partial charge in [-0.25, -0.2) is 0 Å². The molecule has 2 nitrogen and oxygen atoms in total. The van der Waals surface area contributed by atoms with E-state index in [0.717, 1.165) is 33.3 Å². The monoisotopic (exact) mass is 263 g/mol. The van der Waals surface area contributed by atoms with Crippen molar-refractivity contribution in [2.45, 2.75) is 13.8 Å². The fraction of sp³-hybridized carbons (Fsp3) is 0.167. The molecule has 0 radical (unpaired) electrons. The predicted molar refractivity (Wildman–Crippen MR) is 84.1 cm³/mol. The van der Waals surface area contributed by atoms with Crippen molar-refractivity contribution in [2.24, 2.45) is 7.05 Å². The highest BCUT2D eigenvalue weighted by Gasteiger charge is 2.14. The molecule has 0 spiro atoms. The lowest BCUT2D eigenvalue weighted by Crippen LogP contribution is -2.14. The maximum Gasteiger partial charge on any atom is 0.197 e. The van der Waals surface area contributed by atoms with E-state index in [9.17, 15) is 4.79 Å². The van der Waals surface area contributed by atoms with Crippen LogP contribution in [0.1, 0.15) is 11.3 Å². The molecule has 2 aromatic carbocycles. The van der Waals surface area contributed by atoms with Crippen molar-refractivity contribution in [3.63, 3.8) is 0 Å². The SMILES string of the molecule is Cc1ccccc1-c1c(C)n(C)c2ccccc2c1=O. The molecule has 0 fully saturated rings. The van der Waals surface area contributed by atoms with Crippen LogP contribution in [0, 0.1) is 13.8 Å². The van der Waals surface area contributed by atoms with Gasteiger partial charge in [0.05, 0.1) is 5.52 Å². The zero-order valence-electron chi connectivity index (χ0n) is 12.0. The van der Waals surface area contributed by atoms with E-state index in [1.54, 1.807) is 0 Å². The van der Waals surface area contributed by atoms with Gasteiger partial charge in [0.25, 0.3) is 0 Å². The average molecular weight is 263 g/mol. The van der Waals surface area contributed by atoms with Crippen molar-refractivity contribution >= 4 is 10.9 Å². The van der Waals surface area contributed by atoms with Gasteiger partial charge in [-0.2, -0.15) is 0 Å². The van der Waals surface area contributed by atoms with Crippen molar-refractivity contribution in [1.82, 2.24) is 4.57 Å². The van der Waals surface area contributed by atoms with E-state index in [0.29, 0.717) is 0 Å². The standard InChI is InChI=1S/C18H17NO/c1-12-8-4-5-9-14(12)17-13(2)19(3)16-11-7-6-10-15(16)18(17)20/h4-11H,1-3H3. The van der Waals surface area contributed by atoms with Gasteiger partial charge in [0.15, 0.2) is 5.43 Å². The van der Waals surface area contributed by atoms with Crippen LogP contribution >= 0.6 is 0 Å². The van der Waals surface area contributed by atoms with Gasteiger partial charge in [0.1, 0.15) is 0 Å². The van der Waals surface area contributed by atoms with Gasteiger partial charge >= 0.3 is 0 Å². The molecular formula is C18H17NO. The molecule has 0 unspecified atom stereocenters. The van der Waals surface area contributed by atoms with Crippen LogP contribution in [0.5, 0.6) is 0 Å². The summed E-state index contributed by atoms with van der Waals surface area (Å²) in [5, 5.41) is 0.777. The van der Waals surface area contributed by atoms with Gasteiger partial charge in [-0.15, -0.1) is 0 Å². The number of para-hydroxylation sites is 1. The number of benzene rings is 2. The topological polar surface area (TPSA) is 22.0 Å². The molecule has 0 N–H and O–H groups in total. The number of aryl methyl sites for hydroxylation is 2. The number of hydrogen-bond acceptors (Lipinski definition) is 1. The Hall–Kier alpha value is -2.35. The molecule has 0 atom stereocenters. The van der Waals surface area contributed by atoms with Crippen molar-refractivity contribution in [3.8, 4) is 11.1 Å². The van der Waals surface area contributed by atoms with Crippen LogP contribution in [-0.2, 0) is 7.05 Å². The lowest BCUT2D eigenvalue weighted by atomic mass is 9.97. The summed E-state index contributed by atoms with van der Waals surface area (Å²) in [7, 11) is 2.01. The molecular weight excluding hydrogens is 246 g/mol. The molecule has 2 heteroatoms. The minimum absolute atomic E-state index is 0.116. The van der Waals surface area contributed by atoms with E-state index in [4.69, 9.17) is 0 Å². The largest absolute Gasteiger partial charge is 0.347 e. The lowest BCUT2D eigenvalue weighted by Gasteiger charge is -2.15. The number of aromatic nitrogens is 1. The molecule has 20 heavy (non-hydrogen) atoms. The van der Waals surface area contributed by atoms with Crippen molar-refractivity contribution in [2.75, 3.05) is 0 Å². The molecule has 0 saturated heterocycles. The molecule has 0 saturated carbocycles. The quantitative estimate of drug-likeness (QED) is 0.654. The second-order valence-corrected chi connectivity index (χ2v) is 5.18. The van der Waals surface area contributed by atoms with E-state index < -0.39 is 0 Å². The smallest absolute Gasteiger partial charge is 0.197 e. The predicted octanol–water partition coefficient (Wildman–Crippen LogP) is 3.82. The third-order valence-corrected chi connectivity index (χ3v) is 4.02. The van der Waals surface area contributed by atoms with Crippen molar-refractivity contribution < 1.29 is 0 Å². The van der Waals surface area contributed by atoms with Gasteiger partial charge in [0.2, 0.25) is 0 Å². The minimum Gasteiger partial charge on any atom is -0.347 e. The summed E-state index contributed by atoms with van der Waals surface area (Å²) in [5.74, 6) is 0. The zero-order valence-corrected chi connectivity index (χ0v) is 12.0. The molecule has 3 rings (SSSR count). The Kier molecular flexibility index (Phi) is 2.94. The van der Waals surface area contributed by atoms with Crippen LogP contribution in [0.25, 0.3) is 22.0 Å². The Morgan fingerprint density at radius 3 is 2.30 bits per heavy atom. The summed E-state index contributed by atoms with van der Waals surface area (Å²) >= 11 is 0. The second-order valence-electron chi connectivity index (χ2n) is 5.18. The van der Waals surface area contributed by atoms with Crippen LogP contribution in [0.3, 0.4) is 0 Å². The number of nitrogens with zero attached hydrogens (tertiary/aromatic N) is 1. The van der Waals surface area contributed by atoms with E-state index in [1.807, 2.05) is 69.4 Å². The third-order valence-electron chi connectivity index (χ3n) is 4.02. The summed E-state index contributed by atoms with van der Waals surface area (Å²) in [4.78, 5) is 12.8. The number of pyridine rings is 1.